The molecule has 0 fully saturated rings. The van der Waals surface area contributed by atoms with Crippen LogP contribution in [0.4, 0.5) is 0 Å². The molecule has 3 nitrogen and oxygen atoms in total. The van der Waals surface area contributed by atoms with Crippen LogP contribution < -0.4 is 10.5 Å². The Bertz CT molecular complexity index is 1040. The van der Waals surface area contributed by atoms with Crippen molar-refractivity contribution in [3.8, 4) is 11.8 Å². The van der Waals surface area contributed by atoms with Gasteiger partial charge in [0.2, 0.25) is 0 Å². The molecule has 0 aliphatic carbocycles. The fraction of sp³-hybridized carbons (Fsp3) is 0.0476. The topological polar surface area (TPSA) is 59.0 Å². The molecule has 0 spiro atoms. The lowest BCUT2D eigenvalue weighted by molar-refractivity contribution is 0.306. The second-order valence-electron chi connectivity index (χ2n) is 5.65. The predicted octanol–water partition coefficient (Wildman–Crippen LogP) is 5.27. The van der Waals surface area contributed by atoms with E-state index in [2.05, 4.69) is 0 Å². The molecule has 3 aromatic rings. The fourth-order valence-corrected chi connectivity index (χ4v) is 2.83. The number of ether oxygens (including phenoxy) is 1. The minimum atomic E-state index is 0.0593. The van der Waals surface area contributed by atoms with E-state index in [4.69, 9.17) is 34.3 Å². The second kappa shape index (κ2) is 8.01. The van der Waals surface area contributed by atoms with E-state index in [1.54, 1.807) is 6.08 Å². The van der Waals surface area contributed by atoms with Gasteiger partial charge in [-0.2, -0.15) is 5.26 Å². The Morgan fingerprint density at radius 1 is 1.12 bits per heavy atom. The average Bonchev–Trinajstić information content (AvgIpc) is 2.65. The highest BCUT2D eigenvalue weighted by molar-refractivity contribution is 7.80. The SMILES string of the molecule is N#C/C(=C\c1c(OCc2ccc(Cl)cc2)ccc2ccccc12)C(N)=S. The summed E-state index contributed by atoms with van der Waals surface area (Å²) in [6.07, 6.45) is 1.68. The minimum absolute atomic E-state index is 0.0593. The molecule has 128 valence electrons. The van der Waals surface area contributed by atoms with Crippen molar-refractivity contribution >= 4 is 45.7 Å². The molecule has 0 aliphatic heterocycles. The van der Waals surface area contributed by atoms with Crippen LogP contribution in [0, 0.1) is 11.3 Å². The van der Waals surface area contributed by atoms with Gasteiger partial charge in [0, 0.05) is 10.6 Å². The molecular formula is C21H15ClN2OS. The zero-order valence-corrected chi connectivity index (χ0v) is 15.3. The van der Waals surface area contributed by atoms with Gasteiger partial charge in [0.05, 0.1) is 5.57 Å². The summed E-state index contributed by atoms with van der Waals surface area (Å²) in [7, 11) is 0. The number of hydrogen-bond donors (Lipinski definition) is 1. The zero-order chi connectivity index (χ0) is 18.5. The first kappa shape index (κ1) is 17.9. The molecule has 5 heteroatoms. The van der Waals surface area contributed by atoms with Crippen molar-refractivity contribution in [2.45, 2.75) is 6.61 Å². The number of fused-ring (bicyclic) bond motifs is 1. The molecule has 3 aromatic carbocycles. The summed E-state index contributed by atoms with van der Waals surface area (Å²) in [5.41, 5.74) is 7.67. The molecule has 0 bridgehead atoms. The van der Waals surface area contributed by atoms with E-state index in [9.17, 15) is 5.26 Å². The molecule has 0 atom stereocenters. The number of thiocarbonyl (C=S) groups is 1. The van der Waals surface area contributed by atoms with Crippen LogP contribution in [0.1, 0.15) is 11.1 Å². The van der Waals surface area contributed by atoms with Crippen molar-refractivity contribution < 1.29 is 4.74 Å². The summed E-state index contributed by atoms with van der Waals surface area (Å²) in [5, 5.41) is 12.0. The van der Waals surface area contributed by atoms with Gasteiger partial charge in [-0.1, -0.05) is 66.3 Å². The van der Waals surface area contributed by atoms with Gasteiger partial charge in [0.1, 0.15) is 23.4 Å². The van der Waals surface area contributed by atoms with Crippen LogP contribution in [-0.2, 0) is 6.61 Å². The Labute approximate surface area is 162 Å². The molecule has 0 unspecified atom stereocenters. The third kappa shape index (κ3) is 4.02. The van der Waals surface area contributed by atoms with Gasteiger partial charge in [-0.25, -0.2) is 0 Å². The Balaban J connectivity index is 2.04. The van der Waals surface area contributed by atoms with Gasteiger partial charge in [0.15, 0.2) is 0 Å². The highest BCUT2D eigenvalue weighted by atomic mass is 35.5. The molecule has 0 amide bonds. The van der Waals surface area contributed by atoms with Gasteiger partial charge in [-0.15, -0.1) is 0 Å². The highest BCUT2D eigenvalue weighted by Crippen LogP contribution is 2.31. The maximum absolute atomic E-state index is 9.32. The lowest BCUT2D eigenvalue weighted by Gasteiger charge is -2.13. The van der Waals surface area contributed by atoms with Crippen molar-refractivity contribution in [1.82, 2.24) is 0 Å². The van der Waals surface area contributed by atoms with Crippen molar-refractivity contribution in [2.75, 3.05) is 0 Å². The fourth-order valence-electron chi connectivity index (χ4n) is 2.59. The van der Waals surface area contributed by atoms with Crippen LogP contribution in [0.2, 0.25) is 5.02 Å². The summed E-state index contributed by atoms with van der Waals surface area (Å²) in [5.74, 6) is 0.655. The summed E-state index contributed by atoms with van der Waals surface area (Å²) in [6, 6.07) is 21.3. The Morgan fingerprint density at radius 2 is 1.85 bits per heavy atom. The zero-order valence-electron chi connectivity index (χ0n) is 13.8. The van der Waals surface area contributed by atoms with E-state index in [0.29, 0.717) is 17.4 Å². The second-order valence-corrected chi connectivity index (χ2v) is 6.52. The lowest BCUT2D eigenvalue weighted by atomic mass is 10.0. The van der Waals surface area contributed by atoms with E-state index < -0.39 is 0 Å². The lowest BCUT2D eigenvalue weighted by Crippen LogP contribution is -2.10. The molecule has 0 radical (unpaired) electrons. The quantitative estimate of drug-likeness (QED) is 0.373. The van der Waals surface area contributed by atoms with Crippen LogP contribution in [0.15, 0.2) is 66.2 Å². The smallest absolute Gasteiger partial charge is 0.127 e. The van der Waals surface area contributed by atoms with E-state index >= 15 is 0 Å². The maximum atomic E-state index is 9.32. The molecular weight excluding hydrogens is 364 g/mol. The normalized spacial score (nSPS) is 11.2. The summed E-state index contributed by atoms with van der Waals surface area (Å²) in [4.78, 5) is 0.0593. The number of nitrogens with two attached hydrogens (primary N) is 1. The van der Waals surface area contributed by atoms with Gasteiger partial charge >= 0.3 is 0 Å². The molecule has 0 saturated carbocycles. The van der Waals surface area contributed by atoms with Crippen LogP contribution in [0.5, 0.6) is 5.75 Å². The molecule has 0 heterocycles. The molecule has 0 aromatic heterocycles. The number of halogens is 1. The van der Waals surface area contributed by atoms with Gasteiger partial charge < -0.3 is 10.5 Å². The van der Waals surface area contributed by atoms with Crippen molar-refractivity contribution in [2.24, 2.45) is 5.73 Å². The summed E-state index contributed by atoms with van der Waals surface area (Å²) >= 11 is 10.9. The Hall–Kier alpha value is -2.87. The number of hydrogen-bond acceptors (Lipinski definition) is 3. The Kier molecular flexibility index (Phi) is 5.52. The molecule has 2 N–H and O–H groups in total. The average molecular weight is 379 g/mol. The summed E-state index contributed by atoms with van der Waals surface area (Å²) < 4.78 is 6.02. The van der Waals surface area contributed by atoms with Crippen molar-refractivity contribution in [3.05, 3.63) is 82.4 Å². The van der Waals surface area contributed by atoms with Gasteiger partial charge in [-0.3, -0.25) is 0 Å². The van der Waals surface area contributed by atoms with Crippen molar-refractivity contribution in [1.29, 1.82) is 5.26 Å². The third-order valence-electron chi connectivity index (χ3n) is 3.91. The molecule has 0 saturated heterocycles. The molecule has 26 heavy (non-hydrogen) atoms. The highest BCUT2D eigenvalue weighted by Gasteiger charge is 2.10. The summed E-state index contributed by atoms with van der Waals surface area (Å²) in [6.45, 7) is 0.380. The predicted molar refractivity (Wildman–Crippen MR) is 110 cm³/mol. The Morgan fingerprint density at radius 3 is 2.54 bits per heavy atom. The first-order valence-corrected chi connectivity index (χ1v) is 8.67. The number of nitrogens with zero attached hydrogens (tertiary/aromatic N) is 1. The maximum Gasteiger partial charge on any atom is 0.127 e. The van der Waals surface area contributed by atoms with Crippen LogP contribution in [0.3, 0.4) is 0 Å². The standard InChI is InChI=1S/C21H15ClN2OS/c22-17-8-5-14(6-9-17)13-25-20-10-7-15-3-1-2-4-18(15)19(20)11-16(12-23)21(24)26/h1-11H,13H2,(H2,24,26)/b16-11+. The van der Waals surface area contributed by atoms with E-state index in [1.165, 1.54) is 0 Å². The van der Waals surface area contributed by atoms with E-state index in [-0.39, 0.29) is 10.6 Å². The van der Waals surface area contributed by atoms with Gasteiger partial charge in [0.25, 0.3) is 0 Å². The van der Waals surface area contributed by atoms with Crippen LogP contribution in [-0.4, -0.2) is 4.99 Å². The first-order chi connectivity index (χ1) is 12.6. The first-order valence-electron chi connectivity index (χ1n) is 7.89. The molecule has 0 aliphatic rings. The number of benzene rings is 3. The van der Waals surface area contributed by atoms with Crippen molar-refractivity contribution in [3.63, 3.8) is 0 Å². The largest absolute Gasteiger partial charge is 0.488 e. The van der Waals surface area contributed by atoms with Crippen LogP contribution in [0.25, 0.3) is 16.8 Å². The number of rotatable bonds is 5. The van der Waals surface area contributed by atoms with E-state index in [0.717, 1.165) is 21.9 Å². The third-order valence-corrected chi connectivity index (χ3v) is 4.38. The van der Waals surface area contributed by atoms with Gasteiger partial charge in [-0.05, 0) is 40.6 Å². The minimum Gasteiger partial charge on any atom is -0.488 e. The molecule has 3 rings (SSSR count). The monoisotopic (exact) mass is 378 g/mol. The van der Waals surface area contributed by atoms with Crippen LogP contribution >= 0.6 is 23.8 Å². The van der Waals surface area contributed by atoms with E-state index in [1.807, 2.05) is 66.7 Å². The number of nitriles is 1.